The predicted molar refractivity (Wildman–Crippen MR) is 82.6 cm³/mol. The van der Waals surface area contributed by atoms with Crippen molar-refractivity contribution >= 4 is 5.65 Å². The van der Waals surface area contributed by atoms with Crippen LogP contribution in [0.1, 0.15) is 29.7 Å². The SMILES string of the molecule is Cc1ccc(-c2cn3c(=O)[nH]c4c(c3n2)CCCC4)cc1. The topological polar surface area (TPSA) is 50.2 Å². The minimum atomic E-state index is -0.0866. The summed E-state index contributed by atoms with van der Waals surface area (Å²) >= 11 is 0. The molecular formula is C17H17N3O. The molecule has 4 nitrogen and oxygen atoms in total. The van der Waals surface area contributed by atoms with Crippen molar-refractivity contribution in [3.8, 4) is 11.3 Å². The highest BCUT2D eigenvalue weighted by Crippen LogP contribution is 2.25. The maximum atomic E-state index is 12.2. The van der Waals surface area contributed by atoms with E-state index in [4.69, 9.17) is 4.98 Å². The van der Waals surface area contributed by atoms with Crippen molar-refractivity contribution in [1.29, 1.82) is 0 Å². The third-order valence-electron chi connectivity index (χ3n) is 4.27. The van der Waals surface area contributed by atoms with Gasteiger partial charge in [0.1, 0.15) is 5.65 Å². The fourth-order valence-corrected chi connectivity index (χ4v) is 3.09. The average Bonchev–Trinajstić information content (AvgIpc) is 2.94. The van der Waals surface area contributed by atoms with Crippen molar-refractivity contribution in [2.75, 3.05) is 0 Å². The van der Waals surface area contributed by atoms with Gasteiger partial charge < -0.3 is 4.98 Å². The van der Waals surface area contributed by atoms with Crippen LogP contribution in [-0.4, -0.2) is 14.4 Å². The number of nitrogens with zero attached hydrogens (tertiary/aromatic N) is 2. The van der Waals surface area contributed by atoms with E-state index >= 15 is 0 Å². The number of rotatable bonds is 1. The lowest BCUT2D eigenvalue weighted by atomic mass is 9.97. The molecule has 4 heteroatoms. The first-order valence-electron chi connectivity index (χ1n) is 7.42. The van der Waals surface area contributed by atoms with Crippen molar-refractivity contribution in [3.05, 3.63) is 57.8 Å². The molecule has 0 radical (unpaired) electrons. The van der Waals surface area contributed by atoms with Gasteiger partial charge in [0.15, 0.2) is 0 Å². The van der Waals surface area contributed by atoms with Gasteiger partial charge in [-0.2, -0.15) is 0 Å². The van der Waals surface area contributed by atoms with Crippen LogP contribution in [0.3, 0.4) is 0 Å². The largest absolute Gasteiger partial charge is 0.331 e. The Morgan fingerprint density at radius 2 is 1.90 bits per heavy atom. The lowest BCUT2D eigenvalue weighted by molar-refractivity contribution is 0.659. The molecule has 0 amide bonds. The minimum Gasteiger partial charge on any atom is -0.311 e. The Balaban J connectivity index is 1.95. The fourth-order valence-electron chi connectivity index (χ4n) is 3.09. The van der Waals surface area contributed by atoms with Gasteiger partial charge in [0.25, 0.3) is 0 Å². The van der Waals surface area contributed by atoms with Gasteiger partial charge in [-0.15, -0.1) is 0 Å². The molecule has 0 saturated heterocycles. The molecule has 4 rings (SSSR count). The normalized spacial score (nSPS) is 14.3. The highest BCUT2D eigenvalue weighted by Gasteiger charge is 2.17. The van der Waals surface area contributed by atoms with Crippen LogP contribution in [0, 0.1) is 6.92 Å². The zero-order chi connectivity index (χ0) is 14.4. The molecule has 2 heterocycles. The summed E-state index contributed by atoms with van der Waals surface area (Å²) in [7, 11) is 0. The smallest absolute Gasteiger partial charge is 0.311 e. The van der Waals surface area contributed by atoms with E-state index in [-0.39, 0.29) is 5.69 Å². The van der Waals surface area contributed by atoms with E-state index in [0.717, 1.165) is 41.9 Å². The van der Waals surface area contributed by atoms with Crippen LogP contribution in [-0.2, 0) is 12.8 Å². The second-order valence-corrected chi connectivity index (χ2v) is 5.78. The number of aromatic amines is 1. The van der Waals surface area contributed by atoms with E-state index in [1.807, 2.05) is 6.20 Å². The molecule has 0 spiro atoms. The molecule has 1 aromatic carbocycles. The third-order valence-corrected chi connectivity index (χ3v) is 4.27. The quantitative estimate of drug-likeness (QED) is 0.744. The van der Waals surface area contributed by atoms with Gasteiger partial charge >= 0.3 is 5.69 Å². The van der Waals surface area contributed by atoms with E-state index in [0.29, 0.717) is 0 Å². The first kappa shape index (κ1) is 12.4. The first-order valence-corrected chi connectivity index (χ1v) is 7.42. The number of aromatic nitrogens is 3. The number of hydrogen-bond donors (Lipinski definition) is 1. The molecule has 0 fully saturated rings. The predicted octanol–water partition coefficient (Wildman–Crippen LogP) is 2.88. The summed E-state index contributed by atoms with van der Waals surface area (Å²) in [5.41, 5.74) is 6.14. The Morgan fingerprint density at radius 3 is 2.71 bits per heavy atom. The molecule has 2 aromatic heterocycles. The number of H-pyrrole nitrogens is 1. The highest BCUT2D eigenvalue weighted by molar-refractivity contribution is 5.65. The Labute approximate surface area is 122 Å². The van der Waals surface area contributed by atoms with Crippen molar-refractivity contribution in [1.82, 2.24) is 14.4 Å². The third kappa shape index (κ3) is 1.98. The number of fused-ring (bicyclic) bond motifs is 3. The maximum absolute atomic E-state index is 12.2. The molecule has 0 unspecified atom stereocenters. The number of imidazole rings is 1. The Morgan fingerprint density at radius 1 is 1.14 bits per heavy atom. The van der Waals surface area contributed by atoms with E-state index in [9.17, 15) is 4.79 Å². The summed E-state index contributed by atoms with van der Waals surface area (Å²) in [6.07, 6.45) is 6.10. The lowest BCUT2D eigenvalue weighted by Gasteiger charge is -2.15. The van der Waals surface area contributed by atoms with Gasteiger partial charge in [-0.25, -0.2) is 9.78 Å². The molecule has 21 heavy (non-hydrogen) atoms. The second kappa shape index (κ2) is 4.58. The van der Waals surface area contributed by atoms with Crippen molar-refractivity contribution in [3.63, 3.8) is 0 Å². The van der Waals surface area contributed by atoms with Crippen LogP contribution >= 0.6 is 0 Å². The molecule has 0 aliphatic heterocycles. The van der Waals surface area contributed by atoms with E-state index in [2.05, 4.69) is 36.2 Å². The zero-order valence-electron chi connectivity index (χ0n) is 12.0. The van der Waals surface area contributed by atoms with Crippen LogP contribution in [0.5, 0.6) is 0 Å². The molecule has 0 atom stereocenters. The molecular weight excluding hydrogens is 262 g/mol. The number of benzene rings is 1. The van der Waals surface area contributed by atoms with E-state index < -0.39 is 0 Å². The summed E-state index contributed by atoms with van der Waals surface area (Å²) in [5.74, 6) is 0. The summed E-state index contributed by atoms with van der Waals surface area (Å²) in [6.45, 7) is 2.06. The molecule has 106 valence electrons. The van der Waals surface area contributed by atoms with E-state index in [1.54, 1.807) is 4.40 Å². The zero-order valence-corrected chi connectivity index (χ0v) is 12.0. The standard InChI is InChI=1S/C17H17N3O/c1-11-6-8-12(9-7-11)15-10-20-16(18-15)13-4-2-3-5-14(13)19-17(20)21/h6-10H,2-5H2,1H3,(H,19,21). The molecule has 0 bridgehead atoms. The van der Waals surface area contributed by atoms with E-state index in [1.165, 1.54) is 17.5 Å². The summed E-state index contributed by atoms with van der Waals surface area (Å²) in [5, 5.41) is 0. The van der Waals surface area contributed by atoms with Gasteiger partial charge in [-0.1, -0.05) is 29.8 Å². The monoisotopic (exact) mass is 279 g/mol. The first-order chi connectivity index (χ1) is 10.2. The Kier molecular flexibility index (Phi) is 2.70. The maximum Gasteiger partial charge on any atom is 0.331 e. The lowest BCUT2D eigenvalue weighted by Crippen LogP contribution is -2.21. The van der Waals surface area contributed by atoms with Gasteiger partial charge in [-0.3, -0.25) is 4.40 Å². The van der Waals surface area contributed by atoms with Gasteiger partial charge in [0.2, 0.25) is 0 Å². The summed E-state index contributed by atoms with van der Waals surface area (Å²) in [6, 6.07) is 8.24. The van der Waals surface area contributed by atoms with Gasteiger partial charge in [0, 0.05) is 23.0 Å². The molecule has 3 aromatic rings. The number of aryl methyl sites for hydroxylation is 3. The number of hydrogen-bond acceptors (Lipinski definition) is 2. The van der Waals surface area contributed by atoms with Crippen LogP contribution in [0.15, 0.2) is 35.3 Å². The second-order valence-electron chi connectivity index (χ2n) is 5.78. The highest BCUT2D eigenvalue weighted by atomic mass is 16.1. The van der Waals surface area contributed by atoms with Crippen LogP contribution in [0.25, 0.3) is 16.9 Å². The molecule has 1 N–H and O–H groups in total. The van der Waals surface area contributed by atoms with Gasteiger partial charge in [0.05, 0.1) is 5.69 Å². The molecule has 1 aliphatic rings. The molecule has 0 saturated carbocycles. The van der Waals surface area contributed by atoms with Crippen molar-refractivity contribution < 1.29 is 0 Å². The number of nitrogens with one attached hydrogen (secondary N) is 1. The van der Waals surface area contributed by atoms with Crippen LogP contribution < -0.4 is 5.69 Å². The Bertz CT molecular complexity index is 871. The van der Waals surface area contributed by atoms with Gasteiger partial charge in [-0.05, 0) is 32.6 Å². The molecule has 1 aliphatic carbocycles. The fraction of sp³-hybridized carbons (Fsp3) is 0.294. The van der Waals surface area contributed by atoms with Crippen molar-refractivity contribution in [2.45, 2.75) is 32.6 Å². The minimum absolute atomic E-state index is 0.0866. The van der Waals surface area contributed by atoms with Crippen LogP contribution in [0.4, 0.5) is 0 Å². The Hall–Kier alpha value is -2.36. The summed E-state index contributed by atoms with van der Waals surface area (Å²) < 4.78 is 1.65. The average molecular weight is 279 g/mol. The summed E-state index contributed by atoms with van der Waals surface area (Å²) in [4.78, 5) is 20.0. The van der Waals surface area contributed by atoms with Crippen molar-refractivity contribution in [2.24, 2.45) is 0 Å². The van der Waals surface area contributed by atoms with Crippen LogP contribution in [0.2, 0.25) is 0 Å².